The molecule has 6 rings (SSSR count). The number of fused-ring (bicyclic) bond motifs is 1. The molecule has 0 radical (unpaired) electrons. The van der Waals surface area contributed by atoms with Crippen molar-refractivity contribution in [3.63, 3.8) is 0 Å². The number of rotatable bonds is 9. The number of nitrogens with zero attached hydrogens (tertiary/aromatic N) is 5. The molecule has 1 atom stereocenters. The van der Waals surface area contributed by atoms with E-state index in [1.54, 1.807) is 49.5 Å². The topological polar surface area (TPSA) is 160 Å². The smallest absolute Gasteiger partial charge is 0.355 e. The van der Waals surface area contributed by atoms with E-state index in [0.717, 1.165) is 32.5 Å². The monoisotopic (exact) mass is 680 g/mol. The molecule has 2 aliphatic heterocycles. The van der Waals surface area contributed by atoms with E-state index in [-0.39, 0.29) is 52.0 Å². The average molecular weight is 681 g/mol. The Morgan fingerprint density at radius 1 is 0.940 bits per heavy atom. The normalized spacial score (nSPS) is 18.3. The largest absolute Gasteiger partial charge is 0.466 e. The highest BCUT2D eigenvalue weighted by molar-refractivity contribution is 6.08. The van der Waals surface area contributed by atoms with Gasteiger partial charge < -0.3 is 34.3 Å². The first-order valence-electron chi connectivity index (χ1n) is 16.7. The number of allylic oxidation sites excluding steroid dienone is 1. The first kappa shape index (κ1) is 34.3. The molecule has 3 aliphatic rings. The number of likely N-dealkylation sites (N-methyl/N-ethyl adjacent to an activating group) is 1. The van der Waals surface area contributed by atoms with Crippen LogP contribution in [0.5, 0.6) is 0 Å². The number of hydrogen-bond acceptors (Lipinski definition) is 12. The van der Waals surface area contributed by atoms with E-state index in [1.165, 1.54) is 19.1 Å². The lowest BCUT2D eigenvalue weighted by atomic mass is 9.80. The van der Waals surface area contributed by atoms with Crippen LogP contribution >= 0.6 is 0 Å². The molecule has 1 aromatic heterocycles. The summed E-state index contributed by atoms with van der Waals surface area (Å²) in [6.45, 7) is 7.45. The highest BCUT2D eigenvalue weighted by Crippen LogP contribution is 2.47. The van der Waals surface area contributed by atoms with Gasteiger partial charge in [-0.25, -0.2) is 14.4 Å². The Morgan fingerprint density at radius 2 is 1.62 bits per heavy atom. The standard InChI is InChI=1S/C37H40N6O7/c1-5-40-14-16-41(17-15-40)28-19-27-24(33(44)26(35(45)50-6-2)21-42(27)23-12-13-23)18-29(28)43-32(37(47)49-4)31(36(46)48-3)30(25(20-38)34(43)39)22-10-8-7-9-11-22/h7-11,18-19,21,23,30H,5-6,12-17,39H2,1-4H3. The van der Waals surface area contributed by atoms with Crippen LogP contribution in [0.1, 0.15) is 54.6 Å². The summed E-state index contributed by atoms with van der Waals surface area (Å²) in [6, 6.07) is 14.5. The minimum Gasteiger partial charge on any atom is -0.466 e. The molecule has 2 aromatic carbocycles. The molecule has 1 unspecified atom stereocenters. The highest BCUT2D eigenvalue weighted by Gasteiger charge is 2.44. The fourth-order valence-electron chi connectivity index (χ4n) is 6.88. The Balaban J connectivity index is 1.71. The minimum atomic E-state index is -1.06. The number of anilines is 2. The summed E-state index contributed by atoms with van der Waals surface area (Å²) in [7, 11) is 2.38. The van der Waals surface area contributed by atoms with Gasteiger partial charge in [0.1, 0.15) is 17.1 Å². The molecule has 1 saturated heterocycles. The summed E-state index contributed by atoms with van der Waals surface area (Å²) in [5, 5.41) is 10.8. The van der Waals surface area contributed by atoms with E-state index < -0.39 is 29.3 Å². The number of carbonyl (C=O) groups is 3. The van der Waals surface area contributed by atoms with Gasteiger partial charge in [0.2, 0.25) is 5.43 Å². The highest BCUT2D eigenvalue weighted by atomic mass is 16.5. The summed E-state index contributed by atoms with van der Waals surface area (Å²) < 4.78 is 17.7. The number of methoxy groups -OCH3 is 2. The van der Waals surface area contributed by atoms with Crippen molar-refractivity contribution in [2.75, 3.05) is 63.4 Å². The molecule has 1 saturated carbocycles. The number of nitriles is 1. The van der Waals surface area contributed by atoms with E-state index in [9.17, 15) is 24.4 Å². The summed E-state index contributed by atoms with van der Waals surface area (Å²) in [6.07, 6.45) is 3.32. The van der Waals surface area contributed by atoms with Crippen molar-refractivity contribution >= 4 is 40.2 Å². The predicted molar refractivity (Wildman–Crippen MR) is 186 cm³/mol. The molecule has 0 amide bonds. The number of nitrogens with two attached hydrogens (primary N) is 1. The fraction of sp³-hybridized carbons (Fsp3) is 0.378. The van der Waals surface area contributed by atoms with Gasteiger partial charge in [-0.3, -0.25) is 9.69 Å². The maximum absolute atomic E-state index is 14.1. The Bertz CT molecular complexity index is 2020. The van der Waals surface area contributed by atoms with Gasteiger partial charge >= 0.3 is 17.9 Å². The van der Waals surface area contributed by atoms with E-state index in [0.29, 0.717) is 29.9 Å². The second-order valence-corrected chi connectivity index (χ2v) is 12.3. The molecule has 1 aliphatic carbocycles. The van der Waals surface area contributed by atoms with Crippen LogP contribution < -0.4 is 21.0 Å². The number of pyridine rings is 1. The molecule has 13 heteroatoms. The van der Waals surface area contributed by atoms with Crippen LogP contribution in [0.15, 0.2) is 76.1 Å². The van der Waals surface area contributed by atoms with Crippen LogP contribution in [0, 0.1) is 11.3 Å². The van der Waals surface area contributed by atoms with Crippen LogP contribution in [-0.4, -0.2) is 80.9 Å². The lowest BCUT2D eigenvalue weighted by Crippen LogP contribution is -2.47. The first-order chi connectivity index (χ1) is 24.2. The van der Waals surface area contributed by atoms with Crippen molar-refractivity contribution < 1.29 is 28.6 Å². The number of ether oxygens (including phenoxy) is 3. The Labute approximate surface area is 289 Å². The van der Waals surface area contributed by atoms with E-state index >= 15 is 0 Å². The number of piperazine rings is 1. The van der Waals surface area contributed by atoms with Crippen LogP contribution in [0.25, 0.3) is 10.9 Å². The number of hydrogen-bond donors (Lipinski definition) is 1. The van der Waals surface area contributed by atoms with Crippen molar-refractivity contribution in [3.05, 3.63) is 92.7 Å². The zero-order valence-corrected chi connectivity index (χ0v) is 28.6. The Kier molecular flexibility index (Phi) is 9.65. The maximum Gasteiger partial charge on any atom is 0.355 e. The van der Waals surface area contributed by atoms with Crippen molar-refractivity contribution in [3.8, 4) is 6.07 Å². The van der Waals surface area contributed by atoms with Gasteiger partial charge in [0.25, 0.3) is 0 Å². The molecule has 2 fully saturated rings. The molecule has 13 nitrogen and oxygen atoms in total. The Morgan fingerprint density at radius 3 is 2.20 bits per heavy atom. The number of esters is 3. The number of benzene rings is 2. The SMILES string of the molecule is CCOC(=O)c1cn(C2CC2)c2cc(N3CCN(CC)CC3)c(N3C(N)=C(C#N)C(c4ccccc4)C(C(=O)OC)=C3C(=O)OC)cc2c1=O. The molecule has 3 aromatic rings. The van der Waals surface area contributed by atoms with Crippen molar-refractivity contribution in [2.24, 2.45) is 5.73 Å². The van der Waals surface area contributed by atoms with Crippen LogP contribution in [-0.2, 0) is 23.8 Å². The van der Waals surface area contributed by atoms with Gasteiger partial charge in [-0.2, -0.15) is 5.26 Å². The molecule has 0 spiro atoms. The zero-order valence-electron chi connectivity index (χ0n) is 28.6. The molecular weight excluding hydrogens is 640 g/mol. The minimum absolute atomic E-state index is 0.00164. The van der Waals surface area contributed by atoms with E-state index in [4.69, 9.17) is 19.9 Å². The summed E-state index contributed by atoms with van der Waals surface area (Å²) in [5.41, 5.74) is 7.87. The zero-order chi connectivity index (χ0) is 35.7. The van der Waals surface area contributed by atoms with Crippen molar-refractivity contribution in [1.82, 2.24) is 9.47 Å². The lowest BCUT2D eigenvalue weighted by Gasteiger charge is -2.40. The quantitative estimate of drug-likeness (QED) is 0.259. The maximum atomic E-state index is 14.1. The average Bonchev–Trinajstić information content (AvgIpc) is 3.99. The summed E-state index contributed by atoms with van der Waals surface area (Å²) in [5.74, 6) is -3.68. The molecule has 260 valence electrons. The molecule has 50 heavy (non-hydrogen) atoms. The number of carbonyl (C=O) groups excluding carboxylic acids is 3. The summed E-state index contributed by atoms with van der Waals surface area (Å²) >= 11 is 0. The summed E-state index contributed by atoms with van der Waals surface area (Å²) in [4.78, 5) is 60.7. The predicted octanol–water partition coefficient (Wildman–Crippen LogP) is 3.55. The van der Waals surface area contributed by atoms with Gasteiger partial charge in [-0.05, 0) is 44.0 Å². The van der Waals surface area contributed by atoms with Gasteiger partial charge in [0, 0.05) is 43.8 Å². The third-order valence-corrected chi connectivity index (χ3v) is 9.58. The Hall–Kier alpha value is -5.61. The van der Waals surface area contributed by atoms with Crippen LogP contribution in [0.2, 0.25) is 0 Å². The molecular formula is C37H40N6O7. The van der Waals surface area contributed by atoms with Crippen molar-refractivity contribution in [1.29, 1.82) is 5.26 Å². The van der Waals surface area contributed by atoms with Crippen LogP contribution in [0.4, 0.5) is 11.4 Å². The van der Waals surface area contributed by atoms with E-state index in [1.807, 2.05) is 10.6 Å². The number of aromatic nitrogens is 1. The second kappa shape index (κ2) is 14.1. The molecule has 3 heterocycles. The lowest BCUT2D eigenvalue weighted by molar-refractivity contribution is -0.139. The fourth-order valence-corrected chi connectivity index (χ4v) is 6.88. The first-order valence-corrected chi connectivity index (χ1v) is 16.7. The van der Waals surface area contributed by atoms with E-state index in [2.05, 4.69) is 22.8 Å². The van der Waals surface area contributed by atoms with Crippen molar-refractivity contribution in [2.45, 2.75) is 38.6 Å². The van der Waals surface area contributed by atoms with Gasteiger partial charge in [-0.1, -0.05) is 37.3 Å². The molecule has 0 bridgehead atoms. The third-order valence-electron chi connectivity index (χ3n) is 9.58. The van der Waals surface area contributed by atoms with Crippen LogP contribution in [0.3, 0.4) is 0 Å². The van der Waals surface area contributed by atoms with Gasteiger partial charge in [0.05, 0.1) is 60.9 Å². The third kappa shape index (κ3) is 5.96. The molecule has 2 N–H and O–H groups in total. The second-order valence-electron chi connectivity index (χ2n) is 12.3. The van der Waals surface area contributed by atoms with Gasteiger partial charge in [0.15, 0.2) is 0 Å². The van der Waals surface area contributed by atoms with Gasteiger partial charge in [-0.15, -0.1) is 0 Å².